The molecule has 1 N–H and O–H groups in total. The summed E-state index contributed by atoms with van der Waals surface area (Å²) < 4.78 is 0. The molecule has 0 aromatic heterocycles. The highest BCUT2D eigenvalue weighted by molar-refractivity contribution is 5.85. The Labute approximate surface area is 205 Å². The van der Waals surface area contributed by atoms with Crippen LogP contribution in [0.2, 0.25) is 0 Å². The summed E-state index contributed by atoms with van der Waals surface area (Å²) in [5.41, 5.74) is 1.14. The van der Waals surface area contributed by atoms with Crippen molar-refractivity contribution in [3.05, 3.63) is 0 Å². The van der Waals surface area contributed by atoms with E-state index in [1.54, 1.807) is 0 Å². The van der Waals surface area contributed by atoms with Crippen LogP contribution in [0.15, 0.2) is 0 Å². The molecule has 4 saturated carbocycles. The minimum atomic E-state index is -0.00914. The molecule has 5 aliphatic rings. The van der Waals surface area contributed by atoms with E-state index in [0.29, 0.717) is 10.8 Å². The maximum absolute atomic E-state index is 10.3. The first-order chi connectivity index (χ1) is 14.9. The van der Waals surface area contributed by atoms with Crippen LogP contribution < -0.4 is 0 Å². The summed E-state index contributed by atoms with van der Waals surface area (Å²) >= 11 is 0. The van der Waals surface area contributed by atoms with Gasteiger partial charge in [-0.25, -0.2) is 0 Å². The second-order valence-corrected chi connectivity index (χ2v) is 13.3. The number of rotatable bonds is 5. The Balaban J connectivity index is 0.00000245. The molecule has 1 aliphatic heterocycles. The van der Waals surface area contributed by atoms with Gasteiger partial charge in [0.05, 0.1) is 6.10 Å². The molecule has 4 aliphatic carbocycles. The molecule has 5 rings (SSSR count). The quantitative estimate of drug-likeness (QED) is 0.459. The summed E-state index contributed by atoms with van der Waals surface area (Å²) in [6.07, 6.45) is 19.5. The Morgan fingerprint density at radius 3 is 2.38 bits per heavy atom. The lowest BCUT2D eigenvalue weighted by Crippen LogP contribution is -2.54. The normalized spacial score (nSPS) is 47.6. The van der Waals surface area contributed by atoms with Crippen molar-refractivity contribution in [2.24, 2.45) is 46.3 Å². The van der Waals surface area contributed by atoms with Crippen LogP contribution in [0.4, 0.5) is 0 Å². The fraction of sp³-hybridized carbons (Fsp3) is 1.00. The van der Waals surface area contributed by atoms with E-state index in [4.69, 9.17) is 0 Å². The molecule has 186 valence electrons. The average molecular weight is 466 g/mol. The maximum Gasteiger partial charge on any atom is 0.0543 e. The molecule has 32 heavy (non-hydrogen) atoms. The van der Waals surface area contributed by atoms with Gasteiger partial charge in [0, 0.05) is 0 Å². The van der Waals surface area contributed by atoms with Crippen LogP contribution in [-0.4, -0.2) is 35.7 Å². The second-order valence-electron chi connectivity index (χ2n) is 13.3. The summed E-state index contributed by atoms with van der Waals surface area (Å²) in [4.78, 5) is 2.74. The number of aliphatic hydroxyl groups excluding tert-OH is 1. The summed E-state index contributed by atoms with van der Waals surface area (Å²) in [5, 5.41) is 10.3. The van der Waals surface area contributed by atoms with Gasteiger partial charge in [-0.3, -0.25) is 0 Å². The molecule has 1 heterocycles. The molecule has 2 unspecified atom stereocenters. The third kappa shape index (κ3) is 4.44. The number of hydrogen-bond donors (Lipinski definition) is 1. The number of piperidine rings is 1. The molecule has 9 atom stereocenters. The van der Waals surface area contributed by atoms with Crippen molar-refractivity contribution in [1.82, 2.24) is 4.90 Å². The van der Waals surface area contributed by atoms with E-state index in [9.17, 15) is 5.11 Å². The first-order valence-corrected chi connectivity index (χ1v) is 14.3. The molecule has 2 nitrogen and oxygen atoms in total. The van der Waals surface area contributed by atoms with E-state index in [-0.39, 0.29) is 18.5 Å². The molecule has 3 heteroatoms. The zero-order valence-electron chi connectivity index (χ0n) is 21.4. The maximum atomic E-state index is 10.3. The predicted octanol–water partition coefficient (Wildman–Crippen LogP) is 7.33. The smallest absolute Gasteiger partial charge is 0.0543 e. The third-order valence-corrected chi connectivity index (χ3v) is 12.0. The van der Waals surface area contributed by atoms with E-state index < -0.39 is 0 Å². The number of nitrogens with zero attached hydrogens (tertiary/aromatic N) is 1. The van der Waals surface area contributed by atoms with Crippen LogP contribution in [0.25, 0.3) is 0 Å². The first-order valence-electron chi connectivity index (χ1n) is 14.3. The number of hydrogen-bond acceptors (Lipinski definition) is 2. The van der Waals surface area contributed by atoms with Crippen molar-refractivity contribution in [2.75, 3.05) is 19.6 Å². The molecule has 1 saturated heterocycles. The van der Waals surface area contributed by atoms with E-state index >= 15 is 0 Å². The van der Waals surface area contributed by atoms with Crippen LogP contribution in [0.1, 0.15) is 111 Å². The van der Waals surface area contributed by atoms with E-state index in [1.165, 1.54) is 96.7 Å². The van der Waals surface area contributed by atoms with Gasteiger partial charge in [-0.2, -0.15) is 0 Å². The Bertz CT molecular complexity index is 620. The Morgan fingerprint density at radius 1 is 0.875 bits per heavy atom. The fourth-order valence-electron chi connectivity index (χ4n) is 10.2. The van der Waals surface area contributed by atoms with E-state index in [0.717, 1.165) is 48.3 Å². The Morgan fingerprint density at radius 2 is 1.59 bits per heavy atom. The van der Waals surface area contributed by atoms with Gasteiger partial charge in [-0.1, -0.05) is 27.2 Å². The molecule has 0 aromatic rings. The van der Waals surface area contributed by atoms with E-state index in [1.807, 2.05) is 0 Å². The summed E-state index contributed by atoms with van der Waals surface area (Å²) in [7, 11) is 0. The first kappa shape index (κ1) is 25.3. The molecule has 5 fully saturated rings. The van der Waals surface area contributed by atoms with Crippen molar-refractivity contribution in [1.29, 1.82) is 0 Å². The van der Waals surface area contributed by atoms with Crippen LogP contribution in [0.3, 0.4) is 0 Å². The van der Waals surface area contributed by atoms with Gasteiger partial charge in [0.2, 0.25) is 0 Å². The van der Waals surface area contributed by atoms with Gasteiger partial charge in [0.25, 0.3) is 0 Å². The number of aliphatic hydroxyl groups is 1. The minimum absolute atomic E-state index is 0. The molecule has 0 radical (unpaired) electrons. The third-order valence-electron chi connectivity index (χ3n) is 12.0. The van der Waals surface area contributed by atoms with Crippen LogP contribution >= 0.6 is 12.4 Å². The Hall–Kier alpha value is 0.210. The van der Waals surface area contributed by atoms with Gasteiger partial charge >= 0.3 is 0 Å². The minimum Gasteiger partial charge on any atom is -0.393 e. The highest BCUT2D eigenvalue weighted by Gasteiger charge is 2.60. The van der Waals surface area contributed by atoms with Gasteiger partial charge in [-0.05, 0) is 149 Å². The van der Waals surface area contributed by atoms with Gasteiger partial charge in [0.1, 0.15) is 0 Å². The average Bonchev–Trinajstić information content (AvgIpc) is 3.12. The van der Waals surface area contributed by atoms with Crippen LogP contribution in [0, 0.1) is 46.3 Å². The number of halogens is 1. The van der Waals surface area contributed by atoms with Crippen LogP contribution in [-0.2, 0) is 0 Å². The standard InChI is InChI=1S/C29H51NO.ClH/c1-21(8-7-19-30-17-5-4-6-18-30)25-11-12-26-24-10-9-22-20-23(31)13-15-28(22,2)27(24)14-16-29(25,26)3;/h21-27,31H,4-20H2,1-3H3;1H/t21-,22?,23?,24+,25-,26+,27+,28+,29-;/m1./s1. The second kappa shape index (κ2) is 10.1. The molecular formula is C29H52ClNO. The van der Waals surface area contributed by atoms with Gasteiger partial charge in [0.15, 0.2) is 0 Å². The highest BCUT2D eigenvalue weighted by atomic mass is 35.5. The lowest BCUT2D eigenvalue weighted by molar-refractivity contribution is -0.129. The van der Waals surface area contributed by atoms with Crippen molar-refractivity contribution in [2.45, 2.75) is 117 Å². The lowest BCUT2D eigenvalue weighted by atomic mass is 9.44. The summed E-state index contributed by atoms with van der Waals surface area (Å²) in [5.74, 6) is 5.61. The lowest BCUT2D eigenvalue weighted by Gasteiger charge is -2.61. The summed E-state index contributed by atoms with van der Waals surface area (Å²) in [6.45, 7) is 12.0. The largest absolute Gasteiger partial charge is 0.393 e. The predicted molar refractivity (Wildman–Crippen MR) is 137 cm³/mol. The number of fused-ring (bicyclic) bond motifs is 5. The van der Waals surface area contributed by atoms with Gasteiger partial charge < -0.3 is 10.0 Å². The van der Waals surface area contributed by atoms with Crippen molar-refractivity contribution < 1.29 is 5.11 Å². The zero-order valence-corrected chi connectivity index (χ0v) is 22.2. The molecule has 0 bridgehead atoms. The van der Waals surface area contributed by atoms with E-state index in [2.05, 4.69) is 25.7 Å². The summed E-state index contributed by atoms with van der Waals surface area (Å²) in [6, 6.07) is 0. The monoisotopic (exact) mass is 465 g/mol. The van der Waals surface area contributed by atoms with Crippen molar-refractivity contribution in [3.63, 3.8) is 0 Å². The Kier molecular flexibility index (Phi) is 7.96. The zero-order chi connectivity index (χ0) is 21.6. The van der Waals surface area contributed by atoms with Crippen LogP contribution in [0.5, 0.6) is 0 Å². The molecule has 0 spiro atoms. The van der Waals surface area contributed by atoms with Crippen molar-refractivity contribution >= 4 is 12.4 Å². The highest BCUT2D eigenvalue weighted by Crippen LogP contribution is 2.68. The fourth-order valence-corrected chi connectivity index (χ4v) is 10.2. The van der Waals surface area contributed by atoms with Crippen molar-refractivity contribution in [3.8, 4) is 0 Å². The molecule has 0 aromatic carbocycles. The molecular weight excluding hydrogens is 414 g/mol. The van der Waals surface area contributed by atoms with Gasteiger partial charge in [-0.15, -0.1) is 12.4 Å². The topological polar surface area (TPSA) is 23.5 Å². The number of likely N-dealkylation sites (tertiary alicyclic amines) is 1. The SMILES string of the molecule is C[C@H](CCCN1CCCCC1)[C@H]1CC[C@H]2[C@@H]3CCC4CC(O)CC[C@]4(C)[C@H]3CC[C@]12C.Cl. The molecule has 0 amide bonds.